The molecule has 4 aromatic rings. The van der Waals surface area contributed by atoms with Gasteiger partial charge in [-0.1, -0.05) is 11.6 Å². The Morgan fingerprint density at radius 1 is 1.24 bits per heavy atom. The van der Waals surface area contributed by atoms with E-state index in [0.29, 0.717) is 34.0 Å². The van der Waals surface area contributed by atoms with Crippen LogP contribution < -0.4 is 15.6 Å². The minimum atomic E-state index is -0.132. The number of nitrogens with one attached hydrogen (secondary N) is 1. The van der Waals surface area contributed by atoms with Crippen molar-refractivity contribution in [2.75, 3.05) is 25.0 Å². The van der Waals surface area contributed by atoms with Gasteiger partial charge in [-0.15, -0.1) is 10.2 Å². The molecule has 34 heavy (non-hydrogen) atoms. The van der Waals surface area contributed by atoms with Crippen molar-refractivity contribution in [2.24, 2.45) is 12.5 Å². The number of aryl methyl sites for hydroxylation is 1. The number of carbonyl (C=O) groups excluding carboxylic acids is 1. The van der Waals surface area contributed by atoms with E-state index < -0.39 is 0 Å². The van der Waals surface area contributed by atoms with Crippen LogP contribution in [0.15, 0.2) is 53.8 Å². The van der Waals surface area contributed by atoms with E-state index in [1.54, 1.807) is 36.1 Å². The van der Waals surface area contributed by atoms with Crippen LogP contribution in [0.25, 0.3) is 16.4 Å². The fourth-order valence-corrected chi connectivity index (χ4v) is 5.48. The molecule has 174 valence electrons. The number of rotatable bonds is 5. The molecule has 1 aliphatic heterocycles. The molecule has 0 unspecified atom stereocenters. The van der Waals surface area contributed by atoms with E-state index in [0.717, 1.165) is 31.3 Å². The molecular formula is C24H23ClN6O3. The number of benzene rings is 1. The van der Waals surface area contributed by atoms with Gasteiger partial charge in [-0.25, -0.2) is 0 Å². The van der Waals surface area contributed by atoms with Crippen LogP contribution in [0, 0.1) is 5.41 Å². The monoisotopic (exact) mass is 478 g/mol. The van der Waals surface area contributed by atoms with Crippen LogP contribution in [0.1, 0.15) is 12.8 Å². The number of anilines is 1. The summed E-state index contributed by atoms with van der Waals surface area (Å²) in [5.41, 5.74) is 1.48. The highest BCUT2D eigenvalue weighted by molar-refractivity contribution is 6.35. The number of hydrogen-bond acceptors (Lipinski definition) is 6. The van der Waals surface area contributed by atoms with Crippen LogP contribution in [0.3, 0.4) is 0 Å². The van der Waals surface area contributed by atoms with Crippen molar-refractivity contribution in [3.05, 3.63) is 64.4 Å². The average Bonchev–Trinajstić information content (AvgIpc) is 3.22. The lowest BCUT2D eigenvalue weighted by Crippen LogP contribution is -2.65. The Bertz CT molecular complexity index is 1480. The van der Waals surface area contributed by atoms with Crippen molar-refractivity contribution in [2.45, 2.75) is 18.9 Å². The maximum absolute atomic E-state index is 12.5. The Balaban J connectivity index is 1.03. The van der Waals surface area contributed by atoms with Crippen LogP contribution >= 0.6 is 11.6 Å². The molecule has 10 heteroatoms. The number of hydrogen-bond donors (Lipinski definition) is 1. The molecule has 2 aliphatic rings. The van der Waals surface area contributed by atoms with E-state index in [2.05, 4.69) is 20.4 Å². The summed E-state index contributed by atoms with van der Waals surface area (Å²) in [5.74, 6) is 0.650. The first-order valence-corrected chi connectivity index (χ1v) is 11.5. The van der Waals surface area contributed by atoms with Crippen LogP contribution in [-0.2, 0) is 11.8 Å². The molecule has 1 spiro atoms. The summed E-state index contributed by atoms with van der Waals surface area (Å²) >= 11 is 6.28. The largest absolute Gasteiger partial charge is 0.490 e. The maximum Gasteiger partial charge on any atom is 0.259 e. The lowest BCUT2D eigenvalue weighted by molar-refractivity contribution is -0.134. The van der Waals surface area contributed by atoms with Gasteiger partial charge in [0.05, 0.1) is 23.1 Å². The molecule has 0 radical (unpaired) electrons. The van der Waals surface area contributed by atoms with Gasteiger partial charge in [-0.2, -0.15) is 0 Å². The van der Waals surface area contributed by atoms with Crippen molar-refractivity contribution >= 4 is 39.6 Å². The topological polar surface area (TPSA) is 93.8 Å². The first-order chi connectivity index (χ1) is 16.4. The van der Waals surface area contributed by atoms with Crippen molar-refractivity contribution in [3.8, 4) is 5.75 Å². The third kappa shape index (κ3) is 3.61. The number of likely N-dealkylation sites (tertiary alicyclic amines) is 1. The Labute approximate surface area is 199 Å². The molecular weight excluding hydrogens is 456 g/mol. The standard InChI is InChI=1S/C24H23ClN6O3/c1-29-6-5-17-19(3-2-18(25)22(17)23(29)33)34-16-9-24(10-16)12-30(13-24)11-21(32)27-15-4-7-31-14-26-28-20(31)8-15/h2-8,14,16H,9-13H2,1H3,(H,27,32). The average molecular weight is 479 g/mol. The quantitative estimate of drug-likeness (QED) is 0.474. The number of nitrogens with zero attached hydrogens (tertiary/aromatic N) is 5. The second-order valence-corrected chi connectivity index (χ2v) is 9.83. The smallest absolute Gasteiger partial charge is 0.259 e. The predicted octanol–water partition coefficient (Wildman–Crippen LogP) is 2.72. The van der Waals surface area contributed by atoms with Gasteiger partial charge in [0.2, 0.25) is 5.91 Å². The van der Waals surface area contributed by atoms with Gasteiger partial charge < -0.3 is 14.6 Å². The second kappa shape index (κ2) is 7.82. The minimum Gasteiger partial charge on any atom is -0.490 e. The summed E-state index contributed by atoms with van der Waals surface area (Å²) in [5, 5.41) is 12.4. The number of carbonyl (C=O) groups is 1. The molecule has 1 saturated carbocycles. The van der Waals surface area contributed by atoms with Crippen LogP contribution in [-0.4, -0.2) is 55.7 Å². The van der Waals surface area contributed by atoms with E-state index >= 15 is 0 Å². The number of ether oxygens (including phenoxy) is 1. The summed E-state index contributed by atoms with van der Waals surface area (Å²) in [7, 11) is 1.71. The summed E-state index contributed by atoms with van der Waals surface area (Å²) in [6.45, 7) is 2.12. The molecule has 3 aromatic heterocycles. The maximum atomic E-state index is 12.5. The van der Waals surface area contributed by atoms with E-state index in [1.807, 2.05) is 24.4 Å². The Morgan fingerprint density at radius 2 is 2.06 bits per heavy atom. The normalized spacial score (nSPS) is 17.6. The molecule has 1 saturated heterocycles. The van der Waals surface area contributed by atoms with Crippen LogP contribution in [0.2, 0.25) is 5.02 Å². The number of fused-ring (bicyclic) bond motifs is 2. The van der Waals surface area contributed by atoms with Gasteiger partial charge in [0.1, 0.15) is 12.1 Å². The fourth-order valence-electron chi connectivity index (χ4n) is 5.23. The molecule has 1 amide bonds. The highest BCUT2D eigenvalue weighted by Gasteiger charge is 2.53. The van der Waals surface area contributed by atoms with Gasteiger partial charge in [0.25, 0.3) is 5.56 Å². The molecule has 0 atom stereocenters. The van der Waals surface area contributed by atoms with Crippen LogP contribution in [0.5, 0.6) is 5.75 Å². The Hall–Kier alpha value is -3.43. The first-order valence-electron chi connectivity index (χ1n) is 11.2. The highest BCUT2D eigenvalue weighted by Crippen LogP contribution is 2.50. The summed E-state index contributed by atoms with van der Waals surface area (Å²) < 4.78 is 9.56. The van der Waals surface area contributed by atoms with Crippen LogP contribution in [0.4, 0.5) is 5.69 Å². The summed E-state index contributed by atoms with van der Waals surface area (Å²) in [6, 6.07) is 9.06. The lowest BCUT2D eigenvalue weighted by atomic mass is 9.61. The van der Waals surface area contributed by atoms with Gasteiger partial charge in [0.15, 0.2) is 5.65 Å². The van der Waals surface area contributed by atoms with E-state index in [-0.39, 0.29) is 23.0 Å². The zero-order valence-corrected chi connectivity index (χ0v) is 19.3. The SMILES string of the molecule is Cn1ccc2c(OC3CC4(C3)CN(CC(=O)Nc3ccn5cnnc5c3)C4)ccc(Cl)c2c1=O. The molecule has 1 N–H and O–H groups in total. The van der Waals surface area contributed by atoms with Crippen molar-refractivity contribution < 1.29 is 9.53 Å². The molecule has 1 aliphatic carbocycles. The Morgan fingerprint density at radius 3 is 2.88 bits per heavy atom. The predicted molar refractivity (Wildman–Crippen MR) is 128 cm³/mol. The van der Waals surface area contributed by atoms with E-state index in [4.69, 9.17) is 16.3 Å². The molecule has 6 rings (SSSR count). The zero-order valence-electron chi connectivity index (χ0n) is 18.6. The van der Waals surface area contributed by atoms with Crippen molar-refractivity contribution in [1.29, 1.82) is 0 Å². The highest BCUT2D eigenvalue weighted by atomic mass is 35.5. The molecule has 9 nitrogen and oxygen atoms in total. The van der Waals surface area contributed by atoms with Gasteiger partial charge >= 0.3 is 0 Å². The summed E-state index contributed by atoms with van der Waals surface area (Å²) in [4.78, 5) is 27.1. The first kappa shape index (κ1) is 21.1. The zero-order chi connectivity index (χ0) is 23.4. The van der Waals surface area contributed by atoms with E-state index in [9.17, 15) is 9.59 Å². The molecule has 2 fully saturated rings. The van der Waals surface area contributed by atoms with Gasteiger partial charge in [0, 0.05) is 55.1 Å². The van der Waals surface area contributed by atoms with Crippen molar-refractivity contribution in [1.82, 2.24) is 24.1 Å². The van der Waals surface area contributed by atoms with Gasteiger partial charge in [-0.3, -0.25) is 18.9 Å². The van der Waals surface area contributed by atoms with Gasteiger partial charge in [-0.05, 0) is 37.1 Å². The number of pyridine rings is 2. The van der Waals surface area contributed by atoms with E-state index in [1.165, 1.54) is 4.57 Å². The molecule has 1 aromatic carbocycles. The Kier molecular flexibility index (Phi) is 4.86. The minimum absolute atomic E-state index is 0.0416. The molecule has 4 heterocycles. The number of amides is 1. The third-order valence-electron chi connectivity index (χ3n) is 6.84. The number of aromatic nitrogens is 4. The number of halogens is 1. The third-order valence-corrected chi connectivity index (χ3v) is 7.15. The lowest BCUT2D eigenvalue weighted by Gasteiger charge is -2.58. The molecule has 0 bridgehead atoms. The second-order valence-electron chi connectivity index (χ2n) is 9.42. The van der Waals surface area contributed by atoms with Crippen molar-refractivity contribution in [3.63, 3.8) is 0 Å². The summed E-state index contributed by atoms with van der Waals surface area (Å²) in [6.07, 6.45) is 7.13. The fraction of sp³-hybridized carbons (Fsp3) is 0.333.